The minimum Gasteiger partial charge on any atom is -0.318 e. The molecule has 0 bridgehead atoms. The number of hydrogen-bond acceptors (Lipinski definition) is 3. The molecule has 0 fully saturated rings. The van der Waals surface area contributed by atoms with Crippen molar-refractivity contribution >= 4 is 5.91 Å². The van der Waals surface area contributed by atoms with Gasteiger partial charge >= 0.3 is 0 Å². The Morgan fingerprint density at radius 2 is 2.42 bits per heavy atom. The van der Waals surface area contributed by atoms with Crippen molar-refractivity contribution in [3.63, 3.8) is 0 Å². The highest BCUT2D eigenvalue weighted by Crippen LogP contribution is 1.94. The largest absolute Gasteiger partial charge is 0.318 e. The van der Waals surface area contributed by atoms with Gasteiger partial charge in [-0.3, -0.25) is 10.0 Å². The molecule has 0 saturated carbocycles. The Balaban J connectivity index is 3.53. The van der Waals surface area contributed by atoms with E-state index in [0.717, 1.165) is 5.06 Å². The van der Waals surface area contributed by atoms with Crippen LogP contribution in [0.1, 0.15) is 12.8 Å². The molecule has 0 aliphatic heterocycles. The molecule has 0 atom stereocenters. The number of likely N-dealkylation sites (N-methyl/N-ethyl adjacent to an activating group) is 1. The quantitative estimate of drug-likeness (QED) is 0.346. The molecule has 0 rings (SSSR count). The molecule has 0 aliphatic carbocycles. The van der Waals surface area contributed by atoms with Crippen molar-refractivity contribution in [2.24, 2.45) is 0 Å². The lowest BCUT2D eigenvalue weighted by Crippen LogP contribution is -2.33. The molecule has 0 aromatic carbocycles. The number of hydroxylamine groups is 2. The van der Waals surface area contributed by atoms with E-state index in [4.69, 9.17) is 5.21 Å². The number of nitrogens with one attached hydrogen (secondary N) is 1. The van der Waals surface area contributed by atoms with Crippen LogP contribution in [0.3, 0.4) is 0 Å². The highest BCUT2D eigenvalue weighted by Gasteiger charge is 2.07. The Morgan fingerprint density at radius 1 is 1.75 bits per heavy atom. The van der Waals surface area contributed by atoms with Gasteiger partial charge in [-0.2, -0.15) is 0 Å². The van der Waals surface area contributed by atoms with Crippen LogP contribution >= 0.6 is 0 Å². The summed E-state index contributed by atoms with van der Waals surface area (Å²) in [4.78, 5) is 11.0. The van der Waals surface area contributed by atoms with Crippen LogP contribution in [0.15, 0.2) is 12.7 Å². The van der Waals surface area contributed by atoms with Crippen LogP contribution in [-0.4, -0.2) is 36.3 Å². The summed E-state index contributed by atoms with van der Waals surface area (Å²) >= 11 is 0. The molecule has 0 heterocycles. The number of carbonyl (C=O) groups is 1. The molecule has 12 heavy (non-hydrogen) atoms. The molecule has 4 nitrogen and oxygen atoms in total. The van der Waals surface area contributed by atoms with Crippen LogP contribution in [0.2, 0.25) is 0 Å². The zero-order valence-electron chi connectivity index (χ0n) is 7.42. The molecule has 0 aromatic heterocycles. The minimum atomic E-state index is -0.259. The van der Waals surface area contributed by atoms with Gasteiger partial charge in [-0.25, -0.2) is 5.06 Å². The van der Waals surface area contributed by atoms with Crippen molar-refractivity contribution in [3.8, 4) is 0 Å². The number of nitrogens with zero attached hydrogens (tertiary/aromatic N) is 1. The Hall–Kier alpha value is -0.870. The summed E-state index contributed by atoms with van der Waals surface area (Å²) in [6.07, 6.45) is 2.59. The second-order valence-electron chi connectivity index (χ2n) is 2.45. The number of allylic oxidation sites excluding steroid dienone is 1. The van der Waals surface area contributed by atoms with Crippen LogP contribution in [0.5, 0.6) is 0 Å². The molecule has 0 aromatic rings. The van der Waals surface area contributed by atoms with Gasteiger partial charge in [0, 0.05) is 13.0 Å². The van der Waals surface area contributed by atoms with Crippen LogP contribution in [0, 0.1) is 0 Å². The van der Waals surface area contributed by atoms with E-state index in [1.807, 2.05) is 0 Å². The van der Waals surface area contributed by atoms with E-state index >= 15 is 0 Å². The Labute approximate surface area is 72.8 Å². The highest BCUT2D eigenvalue weighted by atomic mass is 16.5. The lowest BCUT2D eigenvalue weighted by Gasteiger charge is -2.13. The molecule has 0 radical (unpaired) electrons. The first-order valence-electron chi connectivity index (χ1n) is 3.97. The van der Waals surface area contributed by atoms with Gasteiger partial charge in [0.15, 0.2) is 0 Å². The maximum atomic E-state index is 11.0. The van der Waals surface area contributed by atoms with E-state index in [1.165, 1.54) is 0 Å². The third-order valence-corrected chi connectivity index (χ3v) is 1.42. The number of hydrogen-bond donors (Lipinski definition) is 2. The summed E-state index contributed by atoms with van der Waals surface area (Å²) in [5.74, 6) is -0.259. The number of carbonyl (C=O) groups excluding carboxylic acids is 1. The van der Waals surface area contributed by atoms with Crippen molar-refractivity contribution in [3.05, 3.63) is 12.7 Å². The van der Waals surface area contributed by atoms with Gasteiger partial charge in [-0.05, 0) is 13.5 Å². The van der Waals surface area contributed by atoms with Gasteiger partial charge in [0.05, 0.1) is 6.54 Å². The summed E-state index contributed by atoms with van der Waals surface area (Å²) in [6, 6.07) is 0. The van der Waals surface area contributed by atoms with Crippen molar-refractivity contribution in [1.82, 2.24) is 10.4 Å². The molecule has 70 valence electrons. The third-order valence-electron chi connectivity index (χ3n) is 1.42. The van der Waals surface area contributed by atoms with Crippen molar-refractivity contribution in [1.29, 1.82) is 0 Å². The summed E-state index contributed by atoms with van der Waals surface area (Å²) in [7, 11) is 1.77. The maximum Gasteiger partial charge on any atom is 0.246 e. The Bertz CT molecular complexity index is 148. The van der Waals surface area contributed by atoms with E-state index < -0.39 is 0 Å². The topological polar surface area (TPSA) is 52.6 Å². The first-order valence-corrected chi connectivity index (χ1v) is 3.97. The average molecular weight is 172 g/mol. The fourth-order valence-corrected chi connectivity index (χ4v) is 0.697. The normalized spacial score (nSPS) is 9.50. The van der Waals surface area contributed by atoms with E-state index in [1.54, 1.807) is 13.1 Å². The maximum absolute atomic E-state index is 11.0. The lowest BCUT2D eigenvalue weighted by molar-refractivity contribution is -0.164. The van der Waals surface area contributed by atoms with Crippen LogP contribution < -0.4 is 5.32 Å². The Morgan fingerprint density at radius 3 is 2.92 bits per heavy atom. The van der Waals surface area contributed by atoms with Crippen LogP contribution in [-0.2, 0) is 4.79 Å². The summed E-state index contributed by atoms with van der Waals surface area (Å²) in [5.41, 5.74) is 0. The fraction of sp³-hybridized carbons (Fsp3) is 0.625. The molecular weight excluding hydrogens is 156 g/mol. The summed E-state index contributed by atoms with van der Waals surface area (Å²) in [6.45, 7) is 4.41. The molecule has 0 unspecified atom stereocenters. The molecule has 0 aliphatic rings. The van der Waals surface area contributed by atoms with Gasteiger partial charge < -0.3 is 5.32 Å². The summed E-state index contributed by atoms with van der Waals surface area (Å²) in [5, 5.41) is 12.7. The molecule has 0 saturated heterocycles. The van der Waals surface area contributed by atoms with Gasteiger partial charge in [-0.15, -0.1) is 6.58 Å². The predicted octanol–water partition coefficient (Wildman–Crippen LogP) is 0.390. The average Bonchev–Trinajstić information content (AvgIpc) is 2.10. The number of amides is 1. The second kappa shape index (κ2) is 6.82. The predicted molar refractivity (Wildman–Crippen MR) is 46.9 cm³/mol. The van der Waals surface area contributed by atoms with Crippen molar-refractivity contribution < 1.29 is 10.0 Å². The Kier molecular flexibility index (Phi) is 6.32. The fourth-order valence-electron chi connectivity index (χ4n) is 0.697. The van der Waals surface area contributed by atoms with E-state index in [0.29, 0.717) is 25.9 Å². The SMILES string of the molecule is C=CCCC(=O)N(O)CCNC. The lowest BCUT2D eigenvalue weighted by atomic mass is 10.3. The molecule has 2 N–H and O–H groups in total. The third kappa shape index (κ3) is 4.87. The van der Waals surface area contributed by atoms with Crippen LogP contribution in [0.25, 0.3) is 0 Å². The van der Waals surface area contributed by atoms with Gasteiger partial charge in [0.1, 0.15) is 0 Å². The first-order chi connectivity index (χ1) is 5.72. The van der Waals surface area contributed by atoms with Crippen LogP contribution in [0.4, 0.5) is 0 Å². The van der Waals surface area contributed by atoms with E-state index in [2.05, 4.69) is 11.9 Å². The highest BCUT2D eigenvalue weighted by molar-refractivity contribution is 5.74. The molecule has 0 spiro atoms. The van der Waals surface area contributed by atoms with E-state index in [9.17, 15) is 4.79 Å². The van der Waals surface area contributed by atoms with Gasteiger partial charge in [0.25, 0.3) is 0 Å². The standard InChI is InChI=1S/C8H16N2O2/c1-3-4-5-8(11)10(12)7-6-9-2/h3,9,12H,1,4-7H2,2H3. The second-order valence-corrected chi connectivity index (χ2v) is 2.45. The smallest absolute Gasteiger partial charge is 0.246 e. The minimum absolute atomic E-state index is 0.259. The van der Waals surface area contributed by atoms with Gasteiger partial charge in [-0.1, -0.05) is 6.08 Å². The van der Waals surface area contributed by atoms with Gasteiger partial charge in [0.2, 0.25) is 5.91 Å². The van der Waals surface area contributed by atoms with Crippen molar-refractivity contribution in [2.75, 3.05) is 20.1 Å². The molecule has 4 heteroatoms. The number of rotatable bonds is 6. The summed E-state index contributed by atoms with van der Waals surface area (Å²) < 4.78 is 0. The monoisotopic (exact) mass is 172 g/mol. The zero-order valence-corrected chi connectivity index (χ0v) is 7.42. The molecular formula is C8H16N2O2. The van der Waals surface area contributed by atoms with Crippen molar-refractivity contribution in [2.45, 2.75) is 12.8 Å². The molecule has 1 amide bonds. The zero-order chi connectivity index (χ0) is 9.40. The first kappa shape index (κ1) is 11.1. The van der Waals surface area contributed by atoms with E-state index in [-0.39, 0.29) is 5.91 Å².